The average Bonchev–Trinajstić information content (AvgIpc) is 2.20. The molecule has 1 aromatic carbocycles. The number of amides is 2. The van der Waals surface area contributed by atoms with E-state index in [0.29, 0.717) is 5.69 Å². The first-order valence-electron chi connectivity index (χ1n) is 5.31. The van der Waals surface area contributed by atoms with Crippen LogP contribution >= 0.6 is 15.9 Å². The van der Waals surface area contributed by atoms with Gasteiger partial charge in [-0.2, -0.15) is 0 Å². The Morgan fingerprint density at radius 3 is 2.65 bits per heavy atom. The van der Waals surface area contributed by atoms with Gasteiger partial charge >= 0.3 is 6.03 Å². The third-order valence-corrected chi connectivity index (χ3v) is 2.97. The Balaban J connectivity index is 2.54. The number of nitrogens with one attached hydrogen (secondary N) is 2. The van der Waals surface area contributed by atoms with Gasteiger partial charge in [-0.3, -0.25) is 0 Å². The summed E-state index contributed by atoms with van der Waals surface area (Å²) in [4.78, 5) is 11.5. The van der Waals surface area contributed by atoms with Crippen molar-refractivity contribution in [3.8, 4) is 0 Å². The van der Waals surface area contributed by atoms with Crippen molar-refractivity contribution in [1.82, 2.24) is 5.32 Å². The smallest absolute Gasteiger partial charge is 0.319 e. The van der Waals surface area contributed by atoms with Crippen LogP contribution in [0.25, 0.3) is 0 Å². The molecule has 0 atom stereocenters. The molecular weight excluding hydrogens is 284 g/mol. The molecule has 0 aliphatic rings. The summed E-state index contributed by atoms with van der Waals surface area (Å²) in [7, 11) is 0. The van der Waals surface area contributed by atoms with Gasteiger partial charge in [-0.1, -0.05) is 22.0 Å². The van der Waals surface area contributed by atoms with E-state index in [1.54, 1.807) is 13.8 Å². The van der Waals surface area contributed by atoms with Gasteiger partial charge in [-0.15, -0.1) is 0 Å². The molecular formula is C12H17BrN2O2. The highest BCUT2D eigenvalue weighted by molar-refractivity contribution is 9.10. The SMILES string of the molecule is Cc1ccc(NC(=O)NCC(C)(C)O)cc1Br. The molecule has 5 heteroatoms. The first-order valence-corrected chi connectivity index (χ1v) is 6.10. The van der Waals surface area contributed by atoms with Crippen molar-refractivity contribution in [3.05, 3.63) is 28.2 Å². The molecule has 4 nitrogen and oxygen atoms in total. The van der Waals surface area contributed by atoms with Gasteiger partial charge in [0, 0.05) is 16.7 Å². The van der Waals surface area contributed by atoms with Gasteiger partial charge in [0.05, 0.1) is 5.60 Å². The van der Waals surface area contributed by atoms with Crippen LogP contribution in [0.2, 0.25) is 0 Å². The molecule has 3 N–H and O–H groups in total. The van der Waals surface area contributed by atoms with Crippen molar-refractivity contribution in [1.29, 1.82) is 0 Å². The van der Waals surface area contributed by atoms with Crippen LogP contribution in [0.3, 0.4) is 0 Å². The molecule has 0 aliphatic heterocycles. The maximum Gasteiger partial charge on any atom is 0.319 e. The number of aryl methyl sites for hydroxylation is 1. The van der Waals surface area contributed by atoms with Crippen molar-refractivity contribution in [3.63, 3.8) is 0 Å². The van der Waals surface area contributed by atoms with Crippen molar-refractivity contribution in [2.45, 2.75) is 26.4 Å². The number of carbonyl (C=O) groups is 1. The Morgan fingerprint density at radius 1 is 1.47 bits per heavy atom. The third-order valence-electron chi connectivity index (χ3n) is 2.11. The molecule has 2 amide bonds. The van der Waals surface area contributed by atoms with Gasteiger partial charge < -0.3 is 15.7 Å². The second-order valence-corrected chi connectivity index (χ2v) is 5.44. The zero-order valence-electron chi connectivity index (χ0n) is 10.2. The minimum Gasteiger partial charge on any atom is -0.389 e. The normalized spacial score (nSPS) is 11.1. The minimum absolute atomic E-state index is 0.200. The number of aliphatic hydroxyl groups is 1. The number of carbonyl (C=O) groups excluding carboxylic acids is 1. The van der Waals surface area contributed by atoms with Gasteiger partial charge in [0.1, 0.15) is 0 Å². The van der Waals surface area contributed by atoms with Crippen molar-refractivity contribution < 1.29 is 9.90 Å². The van der Waals surface area contributed by atoms with Crippen LogP contribution in [0.5, 0.6) is 0 Å². The number of hydrogen-bond donors (Lipinski definition) is 3. The molecule has 0 saturated carbocycles. The fourth-order valence-corrected chi connectivity index (χ4v) is 1.52. The first-order chi connectivity index (χ1) is 7.78. The van der Waals surface area contributed by atoms with Gasteiger partial charge in [0.25, 0.3) is 0 Å². The van der Waals surface area contributed by atoms with Gasteiger partial charge in [-0.25, -0.2) is 4.79 Å². The van der Waals surface area contributed by atoms with E-state index in [4.69, 9.17) is 0 Å². The maximum atomic E-state index is 11.5. The standard InChI is InChI=1S/C12H17BrN2O2/c1-8-4-5-9(6-10(8)13)15-11(16)14-7-12(2,3)17/h4-6,17H,7H2,1-3H3,(H2,14,15,16). The number of benzene rings is 1. The van der Waals surface area contributed by atoms with E-state index in [9.17, 15) is 9.90 Å². The van der Waals surface area contributed by atoms with E-state index >= 15 is 0 Å². The Hall–Kier alpha value is -1.07. The van der Waals surface area contributed by atoms with E-state index in [1.165, 1.54) is 0 Å². The van der Waals surface area contributed by atoms with Gasteiger partial charge in [0.2, 0.25) is 0 Å². The summed E-state index contributed by atoms with van der Waals surface area (Å²) in [5.41, 5.74) is 0.897. The second kappa shape index (κ2) is 5.51. The summed E-state index contributed by atoms with van der Waals surface area (Å²) in [6.07, 6.45) is 0. The zero-order chi connectivity index (χ0) is 13.1. The number of urea groups is 1. The number of halogens is 1. The molecule has 0 radical (unpaired) electrons. The summed E-state index contributed by atoms with van der Waals surface area (Å²) >= 11 is 3.40. The van der Waals surface area contributed by atoms with Crippen molar-refractivity contribution in [2.24, 2.45) is 0 Å². The third kappa shape index (κ3) is 5.19. The van der Waals surface area contributed by atoms with E-state index in [0.717, 1.165) is 10.0 Å². The Bertz CT molecular complexity index is 413. The number of hydrogen-bond acceptors (Lipinski definition) is 2. The van der Waals surface area contributed by atoms with Crippen molar-refractivity contribution in [2.75, 3.05) is 11.9 Å². The lowest BCUT2D eigenvalue weighted by atomic mass is 10.1. The molecule has 0 heterocycles. The largest absolute Gasteiger partial charge is 0.389 e. The molecule has 17 heavy (non-hydrogen) atoms. The van der Waals surface area contributed by atoms with Crippen LogP contribution in [0.15, 0.2) is 22.7 Å². The number of anilines is 1. The highest BCUT2D eigenvalue weighted by Gasteiger charge is 2.13. The highest BCUT2D eigenvalue weighted by Crippen LogP contribution is 2.20. The quantitative estimate of drug-likeness (QED) is 0.804. The molecule has 0 unspecified atom stereocenters. The Kier molecular flexibility index (Phi) is 4.54. The molecule has 1 aromatic rings. The van der Waals surface area contributed by atoms with Crippen LogP contribution in [0.4, 0.5) is 10.5 Å². The van der Waals surface area contributed by atoms with E-state index in [-0.39, 0.29) is 12.6 Å². The summed E-state index contributed by atoms with van der Waals surface area (Å²) in [5.74, 6) is 0. The zero-order valence-corrected chi connectivity index (χ0v) is 11.8. The monoisotopic (exact) mass is 300 g/mol. The van der Waals surface area contributed by atoms with E-state index in [1.807, 2.05) is 25.1 Å². The van der Waals surface area contributed by atoms with Crippen LogP contribution < -0.4 is 10.6 Å². The maximum absolute atomic E-state index is 11.5. The van der Waals surface area contributed by atoms with Crippen LogP contribution in [-0.2, 0) is 0 Å². The molecule has 0 fully saturated rings. The fourth-order valence-electron chi connectivity index (χ4n) is 1.14. The lowest BCUT2D eigenvalue weighted by Gasteiger charge is -2.18. The molecule has 1 rings (SSSR count). The van der Waals surface area contributed by atoms with Gasteiger partial charge in [0.15, 0.2) is 0 Å². The minimum atomic E-state index is -0.912. The highest BCUT2D eigenvalue weighted by atomic mass is 79.9. The van der Waals surface area contributed by atoms with Gasteiger partial charge in [-0.05, 0) is 38.5 Å². The van der Waals surface area contributed by atoms with E-state index < -0.39 is 5.60 Å². The molecule has 0 spiro atoms. The lowest BCUT2D eigenvalue weighted by Crippen LogP contribution is -2.40. The Labute approximate surface area is 110 Å². The van der Waals surface area contributed by atoms with Crippen LogP contribution in [0.1, 0.15) is 19.4 Å². The molecule has 0 bridgehead atoms. The number of rotatable bonds is 3. The molecule has 0 aliphatic carbocycles. The predicted octanol–water partition coefficient (Wildman–Crippen LogP) is 2.65. The molecule has 0 aromatic heterocycles. The second-order valence-electron chi connectivity index (χ2n) is 4.58. The topological polar surface area (TPSA) is 61.4 Å². The lowest BCUT2D eigenvalue weighted by molar-refractivity contribution is 0.0826. The summed E-state index contributed by atoms with van der Waals surface area (Å²) in [5, 5.41) is 14.7. The fraction of sp³-hybridized carbons (Fsp3) is 0.417. The first kappa shape index (κ1) is 14.0. The van der Waals surface area contributed by atoms with E-state index in [2.05, 4.69) is 26.6 Å². The van der Waals surface area contributed by atoms with Crippen LogP contribution in [-0.4, -0.2) is 23.3 Å². The summed E-state index contributed by atoms with van der Waals surface area (Å²) < 4.78 is 0.942. The molecule has 94 valence electrons. The summed E-state index contributed by atoms with van der Waals surface area (Å²) in [6.45, 7) is 5.44. The van der Waals surface area contributed by atoms with Crippen molar-refractivity contribution >= 4 is 27.6 Å². The summed E-state index contributed by atoms with van der Waals surface area (Å²) in [6, 6.07) is 5.24. The average molecular weight is 301 g/mol. The Morgan fingerprint density at radius 2 is 2.12 bits per heavy atom. The van der Waals surface area contributed by atoms with Crippen LogP contribution in [0, 0.1) is 6.92 Å². The molecule has 0 saturated heterocycles. The predicted molar refractivity (Wildman–Crippen MR) is 72.2 cm³/mol.